The van der Waals surface area contributed by atoms with Crippen LogP contribution in [0.4, 0.5) is 5.69 Å². The highest BCUT2D eigenvalue weighted by molar-refractivity contribution is 6.31. The molecular weight excluding hydrogens is 254 g/mol. The molecule has 2 N–H and O–H groups in total. The van der Waals surface area contributed by atoms with Gasteiger partial charge >= 0.3 is 0 Å². The number of nitrogens with zero attached hydrogens (tertiary/aromatic N) is 2. The zero-order valence-corrected chi connectivity index (χ0v) is 10.5. The van der Waals surface area contributed by atoms with Crippen molar-refractivity contribution in [3.05, 3.63) is 41.2 Å². The quantitative estimate of drug-likeness (QED) is 0.838. The number of aromatic hydroxyl groups is 1. The van der Waals surface area contributed by atoms with Gasteiger partial charge in [-0.05, 0) is 31.2 Å². The number of nitrogens with one attached hydrogen (secondary N) is 1. The lowest BCUT2D eigenvalue weighted by atomic mass is 10.3. The molecule has 0 bridgehead atoms. The fourth-order valence-corrected chi connectivity index (χ4v) is 1.63. The molecule has 0 radical (unpaired) electrons. The third-order valence-electron chi connectivity index (χ3n) is 2.40. The standard InChI is InChI=1S/C12H12ClN3O2/c1-2-16-6-5-9(15-16)12(18)14-10-7-8(13)3-4-11(10)17/h3-7,17H,2H2,1H3,(H,14,18). The predicted octanol–water partition coefficient (Wildman–Crippen LogP) is 2.51. The lowest BCUT2D eigenvalue weighted by Gasteiger charge is -2.06. The van der Waals surface area contributed by atoms with Crippen molar-refractivity contribution in [1.82, 2.24) is 9.78 Å². The van der Waals surface area contributed by atoms with Crippen LogP contribution in [0.1, 0.15) is 17.4 Å². The molecule has 2 rings (SSSR count). The molecule has 1 aromatic heterocycles. The van der Waals surface area contributed by atoms with Gasteiger partial charge in [0.2, 0.25) is 0 Å². The third-order valence-corrected chi connectivity index (χ3v) is 2.64. The SMILES string of the molecule is CCn1ccc(C(=O)Nc2cc(Cl)ccc2O)n1. The van der Waals surface area contributed by atoms with E-state index in [1.165, 1.54) is 12.1 Å². The third kappa shape index (κ3) is 2.62. The number of aryl methyl sites for hydroxylation is 1. The Labute approximate surface area is 109 Å². The van der Waals surface area contributed by atoms with Crippen LogP contribution in [0, 0.1) is 0 Å². The maximum absolute atomic E-state index is 11.9. The number of amides is 1. The summed E-state index contributed by atoms with van der Waals surface area (Å²) >= 11 is 5.79. The molecule has 1 heterocycles. The highest BCUT2D eigenvalue weighted by Gasteiger charge is 2.11. The van der Waals surface area contributed by atoms with Crippen molar-refractivity contribution in [3.63, 3.8) is 0 Å². The summed E-state index contributed by atoms with van der Waals surface area (Å²) in [4.78, 5) is 11.9. The molecule has 0 aliphatic heterocycles. The largest absolute Gasteiger partial charge is 0.506 e. The topological polar surface area (TPSA) is 67.2 Å². The van der Waals surface area contributed by atoms with E-state index in [-0.39, 0.29) is 23.0 Å². The van der Waals surface area contributed by atoms with E-state index in [0.29, 0.717) is 11.6 Å². The van der Waals surface area contributed by atoms with Crippen molar-refractivity contribution in [2.75, 3.05) is 5.32 Å². The molecule has 0 spiro atoms. The number of halogens is 1. The fraction of sp³-hybridized carbons (Fsp3) is 0.167. The minimum Gasteiger partial charge on any atom is -0.506 e. The van der Waals surface area contributed by atoms with E-state index in [2.05, 4.69) is 10.4 Å². The predicted molar refractivity (Wildman–Crippen MR) is 69.0 cm³/mol. The van der Waals surface area contributed by atoms with Crippen LogP contribution in [-0.4, -0.2) is 20.8 Å². The number of rotatable bonds is 3. The van der Waals surface area contributed by atoms with Crippen LogP contribution in [-0.2, 0) is 6.54 Å². The Kier molecular flexibility index (Phi) is 3.53. The number of carbonyl (C=O) groups is 1. The van der Waals surface area contributed by atoms with Crippen molar-refractivity contribution in [2.24, 2.45) is 0 Å². The van der Waals surface area contributed by atoms with E-state index < -0.39 is 0 Å². The van der Waals surface area contributed by atoms with Gasteiger partial charge in [0, 0.05) is 17.8 Å². The van der Waals surface area contributed by atoms with Gasteiger partial charge in [0.1, 0.15) is 5.75 Å². The maximum atomic E-state index is 11.9. The number of phenols is 1. The summed E-state index contributed by atoms with van der Waals surface area (Å²) in [7, 11) is 0. The normalized spacial score (nSPS) is 10.3. The van der Waals surface area contributed by atoms with Crippen LogP contribution in [0.2, 0.25) is 5.02 Å². The molecule has 1 aromatic carbocycles. The summed E-state index contributed by atoms with van der Waals surface area (Å²) in [6, 6.07) is 6.05. The molecular formula is C12H12ClN3O2. The summed E-state index contributed by atoms with van der Waals surface area (Å²) in [5.74, 6) is -0.428. The van der Waals surface area contributed by atoms with Crippen LogP contribution in [0.5, 0.6) is 5.75 Å². The molecule has 18 heavy (non-hydrogen) atoms. The minimum atomic E-state index is -0.389. The van der Waals surface area contributed by atoms with Crippen molar-refractivity contribution in [1.29, 1.82) is 0 Å². The molecule has 0 aliphatic rings. The Hall–Kier alpha value is -2.01. The van der Waals surface area contributed by atoms with Gasteiger partial charge in [-0.1, -0.05) is 11.6 Å². The molecule has 5 nitrogen and oxygen atoms in total. The highest BCUT2D eigenvalue weighted by atomic mass is 35.5. The second-order valence-electron chi connectivity index (χ2n) is 3.67. The van der Waals surface area contributed by atoms with Gasteiger partial charge in [0.05, 0.1) is 5.69 Å². The van der Waals surface area contributed by atoms with Gasteiger partial charge in [-0.15, -0.1) is 0 Å². The fourth-order valence-electron chi connectivity index (χ4n) is 1.45. The number of phenolic OH excluding ortho intramolecular Hbond substituents is 1. The molecule has 94 valence electrons. The molecule has 0 aliphatic carbocycles. The van der Waals surface area contributed by atoms with E-state index in [1.807, 2.05) is 6.92 Å². The van der Waals surface area contributed by atoms with E-state index in [4.69, 9.17) is 11.6 Å². The maximum Gasteiger partial charge on any atom is 0.276 e. The number of anilines is 1. The number of hydrogen-bond acceptors (Lipinski definition) is 3. The molecule has 6 heteroatoms. The second-order valence-corrected chi connectivity index (χ2v) is 4.11. The number of carbonyl (C=O) groups excluding carboxylic acids is 1. The Morgan fingerprint density at radius 1 is 1.50 bits per heavy atom. The van der Waals surface area contributed by atoms with Gasteiger partial charge in [0.25, 0.3) is 5.91 Å². The number of benzene rings is 1. The first-order valence-electron chi connectivity index (χ1n) is 5.43. The number of aromatic nitrogens is 2. The first-order chi connectivity index (χ1) is 8.60. The highest BCUT2D eigenvalue weighted by Crippen LogP contribution is 2.26. The van der Waals surface area contributed by atoms with Gasteiger partial charge in [0.15, 0.2) is 5.69 Å². The zero-order chi connectivity index (χ0) is 13.1. The molecule has 0 fully saturated rings. The molecule has 0 unspecified atom stereocenters. The lowest BCUT2D eigenvalue weighted by Crippen LogP contribution is -2.13. The van der Waals surface area contributed by atoms with Crippen LogP contribution in [0.25, 0.3) is 0 Å². The van der Waals surface area contributed by atoms with Crippen LogP contribution in [0.3, 0.4) is 0 Å². The molecule has 1 amide bonds. The minimum absolute atomic E-state index is 0.0392. The average Bonchev–Trinajstić information content (AvgIpc) is 2.82. The van der Waals surface area contributed by atoms with E-state index in [9.17, 15) is 9.90 Å². The first kappa shape index (κ1) is 12.4. The van der Waals surface area contributed by atoms with Crippen molar-refractivity contribution in [3.8, 4) is 5.75 Å². The molecule has 0 saturated heterocycles. The smallest absolute Gasteiger partial charge is 0.276 e. The summed E-state index contributed by atoms with van der Waals surface area (Å²) in [6.07, 6.45) is 1.72. The molecule has 0 saturated carbocycles. The van der Waals surface area contributed by atoms with Crippen molar-refractivity contribution in [2.45, 2.75) is 13.5 Å². The lowest BCUT2D eigenvalue weighted by molar-refractivity contribution is 0.102. The van der Waals surface area contributed by atoms with Crippen LogP contribution >= 0.6 is 11.6 Å². The monoisotopic (exact) mass is 265 g/mol. The summed E-state index contributed by atoms with van der Waals surface area (Å²) in [5.41, 5.74) is 0.551. The zero-order valence-electron chi connectivity index (χ0n) is 9.72. The Bertz CT molecular complexity index is 580. The second kappa shape index (κ2) is 5.10. The van der Waals surface area contributed by atoms with Crippen LogP contribution in [0.15, 0.2) is 30.5 Å². The average molecular weight is 266 g/mol. The summed E-state index contributed by atoms with van der Waals surface area (Å²) < 4.78 is 1.65. The first-order valence-corrected chi connectivity index (χ1v) is 5.81. The molecule has 0 atom stereocenters. The van der Waals surface area contributed by atoms with Crippen molar-refractivity contribution < 1.29 is 9.90 Å². The van der Waals surface area contributed by atoms with Gasteiger partial charge in [-0.2, -0.15) is 5.10 Å². The Balaban J connectivity index is 2.18. The Morgan fingerprint density at radius 2 is 2.28 bits per heavy atom. The van der Waals surface area contributed by atoms with E-state index >= 15 is 0 Å². The van der Waals surface area contributed by atoms with E-state index in [1.54, 1.807) is 23.0 Å². The van der Waals surface area contributed by atoms with E-state index in [0.717, 1.165) is 0 Å². The van der Waals surface area contributed by atoms with Gasteiger partial charge in [-0.3, -0.25) is 9.48 Å². The molecule has 2 aromatic rings. The Morgan fingerprint density at radius 3 is 2.94 bits per heavy atom. The summed E-state index contributed by atoms with van der Waals surface area (Å²) in [5, 5.41) is 16.6. The van der Waals surface area contributed by atoms with Crippen molar-refractivity contribution >= 4 is 23.2 Å². The number of hydrogen-bond donors (Lipinski definition) is 2. The van der Waals surface area contributed by atoms with Gasteiger partial charge < -0.3 is 10.4 Å². The summed E-state index contributed by atoms with van der Waals surface area (Å²) in [6.45, 7) is 2.62. The van der Waals surface area contributed by atoms with Gasteiger partial charge in [-0.25, -0.2) is 0 Å². The van der Waals surface area contributed by atoms with Crippen LogP contribution < -0.4 is 5.32 Å².